The maximum atomic E-state index is 12.4. The van der Waals surface area contributed by atoms with Crippen molar-refractivity contribution in [1.29, 1.82) is 0 Å². The Hall–Kier alpha value is -2.09. The van der Waals surface area contributed by atoms with Crippen molar-refractivity contribution in [2.45, 2.75) is 19.1 Å². The standard InChI is InChI=1S/C12H13F3N2O3/c1-2-20-11(19)9(10(18)12(13,14)15)17-16-8-6-4-3-5-7-8/h3-7,9,16-17H,2H2,1H3. The summed E-state index contributed by atoms with van der Waals surface area (Å²) in [6.07, 6.45) is -5.14. The number of halogens is 3. The molecule has 0 fully saturated rings. The fraction of sp³-hybridized carbons (Fsp3) is 0.333. The molecule has 0 saturated carbocycles. The van der Waals surface area contributed by atoms with Gasteiger partial charge in [0, 0.05) is 5.69 Å². The molecule has 1 rings (SSSR count). The van der Waals surface area contributed by atoms with Crippen LogP contribution in [0, 0.1) is 0 Å². The molecule has 0 heterocycles. The number of carbonyl (C=O) groups is 2. The number of anilines is 1. The van der Waals surface area contributed by atoms with Crippen LogP contribution in [0.25, 0.3) is 0 Å². The first kappa shape index (κ1) is 16.0. The molecule has 0 aromatic heterocycles. The molecular formula is C12H13F3N2O3. The number of ether oxygens (including phenoxy) is 1. The van der Waals surface area contributed by atoms with Crippen LogP contribution < -0.4 is 10.9 Å². The lowest BCUT2D eigenvalue weighted by atomic mass is 10.2. The number of hydrogen-bond acceptors (Lipinski definition) is 5. The first-order valence-corrected chi connectivity index (χ1v) is 5.70. The van der Waals surface area contributed by atoms with E-state index in [4.69, 9.17) is 0 Å². The van der Waals surface area contributed by atoms with Crippen LogP contribution in [-0.4, -0.2) is 30.6 Å². The summed E-state index contributed by atoms with van der Waals surface area (Å²) in [7, 11) is 0. The number of carbonyl (C=O) groups excluding carboxylic acids is 2. The van der Waals surface area contributed by atoms with E-state index in [1.807, 2.05) is 5.43 Å². The van der Waals surface area contributed by atoms with Gasteiger partial charge in [-0.25, -0.2) is 10.2 Å². The highest BCUT2D eigenvalue weighted by Gasteiger charge is 2.47. The fourth-order valence-corrected chi connectivity index (χ4v) is 1.30. The molecule has 0 saturated heterocycles. The second kappa shape index (κ2) is 6.90. The first-order valence-electron chi connectivity index (χ1n) is 5.70. The SMILES string of the molecule is CCOC(=O)C(NNc1ccccc1)C(=O)C(F)(F)F. The van der Waals surface area contributed by atoms with Crippen LogP contribution >= 0.6 is 0 Å². The number of benzene rings is 1. The van der Waals surface area contributed by atoms with Crippen LogP contribution in [0.1, 0.15) is 6.92 Å². The summed E-state index contributed by atoms with van der Waals surface area (Å²) in [6.45, 7) is 1.30. The Morgan fingerprint density at radius 2 is 1.85 bits per heavy atom. The van der Waals surface area contributed by atoms with Crippen molar-refractivity contribution in [3.8, 4) is 0 Å². The molecule has 1 aromatic carbocycles. The van der Waals surface area contributed by atoms with Gasteiger partial charge in [-0.3, -0.25) is 4.79 Å². The third-order valence-corrected chi connectivity index (χ3v) is 2.20. The summed E-state index contributed by atoms with van der Waals surface area (Å²) < 4.78 is 41.6. The molecule has 0 aliphatic carbocycles. The van der Waals surface area contributed by atoms with E-state index < -0.39 is 24.0 Å². The summed E-state index contributed by atoms with van der Waals surface area (Å²) in [6, 6.07) is 5.91. The predicted molar refractivity (Wildman–Crippen MR) is 64.7 cm³/mol. The number of esters is 1. The molecule has 0 bridgehead atoms. The Morgan fingerprint density at radius 1 is 1.25 bits per heavy atom. The quantitative estimate of drug-likeness (QED) is 0.474. The minimum absolute atomic E-state index is 0.131. The van der Waals surface area contributed by atoms with Crippen molar-refractivity contribution < 1.29 is 27.5 Å². The van der Waals surface area contributed by atoms with Crippen LogP contribution in [-0.2, 0) is 14.3 Å². The van der Waals surface area contributed by atoms with E-state index in [9.17, 15) is 22.8 Å². The van der Waals surface area contributed by atoms with Crippen molar-refractivity contribution >= 4 is 17.4 Å². The highest BCUT2D eigenvalue weighted by Crippen LogP contribution is 2.18. The molecule has 5 nitrogen and oxygen atoms in total. The number of hydrazine groups is 1. The van der Waals surface area contributed by atoms with Crippen molar-refractivity contribution in [3.05, 3.63) is 30.3 Å². The third kappa shape index (κ3) is 4.54. The third-order valence-electron chi connectivity index (χ3n) is 2.20. The van der Waals surface area contributed by atoms with E-state index in [0.717, 1.165) is 0 Å². The van der Waals surface area contributed by atoms with Gasteiger partial charge < -0.3 is 10.2 Å². The highest BCUT2D eigenvalue weighted by atomic mass is 19.4. The van der Waals surface area contributed by atoms with Gasteiger partial charge in [-0.1, -0.05) is 18.2 Å². The molecule has 8 heteroatoms. The number of nitrogens with one attached hydrogen (secondary N) is 2. The van der Waals surface area contributed by atoms with Gasteiger partial charge in [0.2, 0.25) is 0 Å². The molecule has 0 radical (unpaired) electrons. The molecule has 1 aromatic rings. The summed E-state index contributed by atoms with van der Waals surface area (Å²) in [5.74, 6) is -3.52. The molecule has 0 amide bonds. The Balaban J connectivity index is 2.78. The monoisotopic (exact) mass is 290 g/mol. The molecule has 110 valence electrons. The Bertz CT molecular complexity index is 463. The largest absolute Gasteiger partial charge is 0.464 e. The molecule has 0 aliphatic rings. The molecular weight excluding hydrogens is 277 g/mol. The van der Waals surface area contributed by atoms with E-state index in [1.54, 1.807) is 30.3 Å². The lowest BCUT2D eigenvalue weighted by molar-refractivity contribution is -0.177. The van der Waals surface area contributed by atoms with E-state index >= 15 is 0 Å². The van der Waals surface area contributed by atoms with Crippen LogP contribution in [0.4, 0.5) is 18.9 Å². The Kier molecular flexibility index (Phi) is 5.51. The normalized spacial score (nSPS) is 12.6. The van der Waals surface area contributed by atoms with Gasteiger partial charge in [-0.2, -0.15) is 13.2 Å². The number of alkyl halides is 3. The topological polar surface area (TPSA) is 67.4 Å². The number of hydrogen-bond donors (Lipinski definition) is 2. The molecule has 0 aliphatic heterocycles. The van der Waals surface area contributed by atoms with Crippen molar-refractivity contribution in [3.63, 3.8) is 0 Å². The minimum atomic E-state index is -5.14. The van der Waals surface area contributed by atoms with Crippen molar-refractivity contribution in [1.82, 2.24) is 5.43 Å². The smallest absolute Gasteiger partial charge is 0.452 e. The van der Waals surface area contributed by atoms with Gasteiger partial charge in [-0.15, -0.1) is 0 Å². The van der Waals surface area contributed by atoms with E-state index in [-0.39, 0.29) is 6.61 Å². The zero-order chi connectivity index (χ0) is 15.2. The first-order chi connectivity index (χ1) is 9.36. The lowest BCUT2D eigenvalue weighted by Crippen LogP contribution is -2.52. The minimum Gasteiger partial charge on any atom is -0.464 e. The fourth-order valence-electron chi connectivity index (χ4n) is 1.30. The van der Waals surface area contributed by atoms with E-state index in [1.165, 1.54) is 6.92 Å². The summed E-state index contributed by atoms with van der Waals surface area (Å²) in [5.41, 5.74) is 4.80. The van der Waals surface area contributed by atoms with Crippen molar-refractivity contribution in [2.24, 2.45) is 0 Å². The predicted octanol–water partition coefficient (Wildman–Crippen LogP) is 1.67. The number of Topliss-reactive ketones (excluding diaryl/α,β-unsaturated/α-hetero) is 1. The molecule has 1 atom stereocenters. The van der Waals surface area contributed by atoms with Crippen molar-refractivity contribution in [2.75, 3.05) is 12.0 Å². The average molecular weight is 290 g/mol. The maximum absolute atomic E-state index is 12.4. The molecule has 0 spiro atoms. The summed E-state index contributed by atoms with van der Waals surface area (Å²) in [4.78, 5) is 22.6. The molecule has 2 N–H and O–H groups in total. The summed E-state index contributed by atoms with van der Waals surface area (Å²) >= 11 is 0. The van der Waals surface area contributed by atoms with E-state index in [2.05, 4.69) is 10.2 Å². The van der Waals surface area contributed by atoms with Crippen LogP contribution in [0.5, 0.6) is 0 Å². The number of rotatable bonds is 6. The summed E-state index contributed by atoms with van der Waals surface area (Å²) in [5, 5.41) is 0. The van der Waals surface area contributed by atoms with Crippen LogP contribution in [0.3, 0.4) is 0 Å². The van der Waals surface area contributed by atoms with Gasteiger partial charge in [0.1, 0.15) is 0 Å². The van der Waals surface area contributed by atoms with Crippen LogP contribution in [0.15, 0.2) is 30.3 Å². The highest BCUT2D eigenvalue weighted by molar-refractivity contribution is 6.05. The van der Waals surface area contributed by atoms with Gasteiger partial charge in [0.05, 0.1) is 6.61 Å². The molecule has 1 unspecified atom stereocenters. The van der Waals surface area contributed by atoms with E-state index in [0.29, 0.717) is 5.69 Å². The van der Waals surface area contributed by atoms with Crippen LogP contribution in [0.2, 0.25) is 0 Å². The van der Waals surface area contributed by atoms with Gasteiger partial charge >= 0.3 is 12.1 Å². The maximum Gasteiger partial charge on any atom is 0.452 e. The van der Waals surface area contributed by atoms with Gasteiger partial charge in [-0.05, 0) is 19.1 Å². The number of ketones is 1. The second-order valence-electron chi connectivity index (χ2n) is 3.68. The lowest BCUT2D eigenvalue weighted by Gasteiger charge is -2.18. The van der Waals surface area contributed by atoms with Gasteiger partial charge in [0.25, 0.3) is 5.78 Å². The second-order valence-corrected chi connectivity index (χ2v) is 3.68. The Labute approximate surface area is 113 Å². The number of para-hydroxylation sites is 1. The average Bonchev–Trinajstić information content (AvgIpc) is 2.39. The zero-order valence-corrected chi connectivity index (χ0v) is 10.5. The zero-order valence-electron chi connectivity index (χ0n) is 10.5. The molecule has 20 heavy (non-hydrogen) atoms. The Morgan fingerprint density at radius 3 is 2.35 bits per heavy atom. The van der Waals surface area contributed by atoms with Gasteiger partial charge in [0.15, 0.2) is 6.04 Å².